The van der Waals surface area contributed by atoms with Gasteiger partial charge in [0.05, 0.1) is 31.8 Å². The monoisotopic (exact) mass is 473 g/mol. The molecule has 0 radical (unpaired) electrons. The third kappa shape index (κ3) is 9.81. The Kier molecular flexibility index (Phi) is 12.0. The molecular weight excluding hydrogens is 428 g/mol. The zero-order valence-electron chi connectivity index (χ0n) is 21.7. The minimum Gasteiger partial charge on any atom is -0.391 e. The zero-order chi connectivity index (χ0) is 24.9. The van der Waals surface area contributed by atoms with Crippen LogP contribution < -0.4 is 20.3 Å². The molecule has 0 amide bonds. The lowest BCUT2D eigenvalue weighted by molar-refractivity contribution is -0.686. The Morgan fingerprint density at radius 3 is 2.26 bits per heavy atom. The number of benzene rings is 1. The quantitative estimate of drug-likeness (QED) is 0.217. The van der Waals surface area contributed by atoms with E-state index in [2.05, 4.69) is 36.4 Å². The topological polar surface area (TPSA) is 97.4 Å². The Morgan fingerprint density at radius 1 is 1.00 bits per heavy atom. The summed E-state index contributed by atoms with van der Waals surface area (Å²) >= 11 is 0. The Morgan fingerprint density at radius 2 is 1.68 bits per heavy atom. The number of aliphatic hydroxyl groups is 2. The van der Waals surface area contributed by atoms with Crippen molar-refractivity contribution in [3.63, 3.8) is 0 Å². The Labute approximate surface area is 205 Å². The van der Waals surface area contributed by atoms with Crippen LogP contribution in [0.15, 0.2) is 30.6 Å². The smallest absolute Gasteiger partial charge is 0.373 e. The number of aryl methyl sites for hydroxylation is 1. The normalized spacial score (nSPS) is 13.9. The van der Waals surface area contributed by atoms with Gasteiger partial charge in [-0.15, -0.1) is 4.68 Å². The summed E-state index contributed by atoms with van der Waals surface area (Å²) < 4.78 is 1.81. The highest BCUT2D eigenvalue weighted by atomic mass is 16.3. The molecule has 3 unspecified atom stereocenters. The number of hydrogen-bond donors (Lipinski definition) is 4. The van der Waals surface area contributed by atoms with Gasteiger partial charge < -0.3 is 15.5 Å². The van der Waals surface area contributed by atoms with Crippen molar-refractivity contribution in [2.75, 3.05) is 35.3 Å². The lowest BCUT2D eigenvalue weighted by Gasteiger charge is -2.27. The molecular formula is C26H45N6O2+. The number of rotatable bonds is 16. The van der Waals surface area contributed by atoms with Crippen LogP contribution in [0.3, 0.4) is 0 Å². The van der Waals surface area contributed by atoms with Gasteiger partial charge >= 0.3 is 11.9 Å². The van der Waals surface area contributed by atoms with Gasteiger partial charge in [0.25, 0.3) is 0 Å². The summed E-state index contributed by atoms with van der Waals surface area (Å²) in [6.07, 6.45) is 7.91. The fraction of sp³-hybridized carbons (Fsp3) is 0.654. The van der Waals surface area contributed by atoms with Gasteiger partial charge in [-0.25, -0.2) is 0 Å². The molecule has 34 heavy (non-hydrogen) atoms. The molecule has 2 aromatic rings. The molecule has 0 saturated heterocycles. The second kappa shape index (κ2) is 14.7. The molecule has 8 nitrogen and oxygen atoms in total. The van der Waals surface area contributed by atoms with E-state index in [1.165, 1.54) is 37.7 Å². The van der Waals surface area contributed by atoms with Crippen LogP contribution in [0.4, 0.5) is 17.6 Å². The van der Waals surface area contributed by atoms with E-state index in [1.807, 2.05) is 34.0 Å². The average Bonchev–Trinajstić information content (AvgIpc) is 2.79. The first kappa shape index (κ1) is 27.8. The minimum absolute atomic E-state index is 0.354. The number of aromatic nitrogens is 3. The molecule has 0 fully saturated rings. The van der Waals surface area contributed by atoms with Gasteiger partial charge in [-0.05, 0) is 45.2 Å². The molecule has 1 aromatic heterocycles. The SMILES string of the molecule is CCCCCCC(CC)CNc1nc(Nc2ccc(C)cc2)nc[n+]1N(CC(C)O)CC(C)O. The maximum atomic E-state index is 10.0. The number of nitrogens with zero attached hydrogens (tertiary/aromatic N) is 4. The third-order valence-electron chi connectivity index (χ3n) is 5.87. The fourth-order valence-electron chi connectivity index (χ4n) is 3.90. The summed E-state index contributed by atoms with van der Waals surface area (Å²) in [5.41, 5.74) is 2.11. The van der Waals surface area contributed by atoms with Gasteiger partial charge in [-0.2, -0.15) is 0 Å². The number of hydrogen-bond acceptors (Lipinski definition) is 7. The number of unbranched alkanes of at least 4 members (excludes halogenated alkanes) is 3. The summed E-state index contributed by atoms with van der Waals surface area (Å²) in [5, 5.41) is 28.8. The molecule has 0 saturated carbocycles. The van der Waals surface area contributed by atoms with Crippen molar-refractivity contribution in [2.24, 2.45) is 5.92 Å². The van der Waals surface area contributed by atoms with E-state index < -0.39 is 12.2 Å². The maximum Gasteiger partial charge on any atom is 0.373 e. The minimum atomic E-state index is -0.564. The third-order valence-corrected chi connectivity index (χ3v) is 5.87. The predicted molar refractivity (Wildman–Crippen MR) is 139 cm³/mol. The van der Waals surface area contributed by atoms with Crippen LogP contribution in [0.25, 0.3) is 0 Å². The molecule has 190 valence electrons. The van der Waals surface area contributed by atoms with Crippen LogP contribution in [0.1, 0.15) is 71.8 Å². The van der Waals surface area contributed by atoms with Crippen LogP contribution in [-0.2, 0) is 0 Å². The highest BCUT2D eigenvalue weighted by molar-refractivity contribution is 5.53. The van der Waals surface area contributed by atoms with Crippen molar-refractivity contribution in [1.29, 1.82) is 0 Å². The van der Waals surface area contributed by atoms with Crippen molar-refractivity contribution >= 4 is 17.6 Å². The first-order valence-electron chi connectivity index (χ1n) is 12.8. The van der Waals surface area contributed by atoms with Gasteiger partial charge in [-0.3, -0.25) is 10.3 Å². The first-order chi connectivity index (χ1) is 16.3. The van der Waals surface area contributed by atoms with Gasteiger partial charge in [-0.1, -0.05) is 73.6 Å². The summed E-state index contributed by atoms with van der Waals surface area (Å²) in [4.78, 5) is 9.27. The molecule has 0 aliphatic rings. The lowest BCUT2D eigenvalue weighted by Crippen LogP contribution is -2.63. The lowest BCUT2D eigenvalue weighted by atomic mass is 9.98. The highest BCUT2D eigenvalue weighted by Gasteiger charge is 2.23. The van der Waals surface area contributed by atoms with E-state index in [4.69, 9.17) is 4.98 Å². The largest absolute Gasteiger partial charge is 0.391 e. The second-order valence-corrected chi connectivity index (χ2v) is 9.41. The van der Waals surface area contributed by atoms with E-state index in [9.17, 15) is 10.2 Å². The highest BCUT2D eigenvalue weighted by Crippen LogP contribution is 2.16. The molecule has 1 heterocycles. The zero-order valence-corrected chi connectivity index (χ0v) is 21.7. The van der Waals surface area contributed by atoms with Crippen LogP contribution in [0.2, 0.25) is 0 Å². The summed E-state index contributed by atoms with van der Waals surface area (Å²) in [6.45, 7) is 11.5. The van der Waals surface area contributed by atoms with Crippen LogP contribution in [0, 0.1) is 12.8 Å². The van der Waals surface area contributed by atoms with E-state index >= 15 is 0 Å². The Hall–Kier alpha value is -2.45. The standard InChI is InChI=1S/C26H44N6O2/c1-6-8-9-10-11-23(7-2)16-27-26-30-25(29-24-14-12-20(3)13-15-24)28-19-32(26)31(17-21(4)33)18-22(5)34/h12-15,19,21-23,33-34H,6-11,16-18H2,1-5H3,(H,27,29,30)/p+1. The molecule has 0 aliphatic heterocycles. The molecule has 3 atom stereocenters. The maximum absolute atomic E-state index is 10.0. The average molecular weight is 474 g/mol. The van der Waals surface area contributed by atoms with Crippen molar-refractivity contribution in [2.45, 2.75) is 85.4 Å². The van der Waals surface area contributed by atoms with Crippen molar-refractivity contribution in [3.8, 4) is 0 Å². The Balaban J connectivity index is 2.25. The van der Waals surface area contributed by atoms with E-state index in [0.717, 1.165) is 18.7 Å². The summed E-state index contributed by atoms with van der Waals surface area (Å²) in [6, 6.07) is 8.09. The second-order valence-electron chi connectivity index (χ2n) is 9.41. The number of anilines is 3. The number of nitrogens with one attached hydrogen (secondary N) is 2. The van der Waals surface area contributed by atoms with Crippen molar-refractivity contribution in [1.82, 2.24) is 9.97 Å². The van der Waals surface area contributed by atoms with E-state index in [-0.39, 0.29) is 0 Å². The molecule has 8 heteroatoms. The molecule has 0 aliphatic carbocycles. The van der Waals surface area contributed by atoms with Crippen LogP contribution in [-0.4, -0.2) is 52.0 Å². The fourth-order valence-corrected chi connectivity index (χ4v) is 3.90. The van der Waals surface area contributed by atoms with Gasteiger partial charge in [0.2, 0.25) is 6.33 Å². The molecule has 4 N–H and O–H groups in total. The molecule has 0 spiro atoms. The van der Waals surface area contributed by atoms with Crippen LogP contribution >= 0.6 is 0 Å². The van der Waals surface area contributed by atoms with Gasteiger partial charge in [0, 0.05) is 5.69 Å². The predicted octanol–water partition coefficient (Wildman–Crippen LogP) is 3.92. The molecule has 1 aromatic carbocycles. The first-order valence-corrected chi connectivity index (χ1v) is 12.8. The molecule has 2 rings (SSSR count). The summed E-state index contributed by atoms with van der Waals surface area (Å²) in [7, 11) is 0. The van der Waals surface area contributed by atoms with Gasteiger partial charge in [0.15, 0.2) is 0 Å². The summed E-state index contributed by atoms with van der Waals surface area (Å²) in [5.74, 6) is 1.68. The van der Waals surface area contributed by atoms with E-state index in [1.54, 1.807) is 20.2 Å². The number of aliphatic hydroxyl groups excluding tert-OH is 2. The van der Waals surface area contributed by atoms with Crippen LogP contribution in [0.5, 0.6) is 0 Å². The molecule has 0 bridgehead atoms. The van der Waals surface area contributed by atoms with E-state index in [0.29, 0.717) is 30.9 Å². The van der Waals surface area contributed by atoms with Crippen molar-refractivity contribution < 1.29 is 14.9 Å². The Bertz CT molecular complexity index is 819. The van der Waals surface area contributed by atoms with Gasteiger partial charge in [0.1, 0.15) is 0 Å². The van der Waals surface area contributed by atoms with Crippen molar-refractivity contribution in [3.05, 3.63) is 36.2 Å².